The molecule has 15 heavy (non-hydrogen) atoms. The Balaban J connectivity index is 3.06. The number of hydrogen-bond acceptors (Lipinski definition) is 3. The van der Waals surface area contributed by atoms with E-state index < -0.39 is 6.10 Å². The number of aliphatic hydroxyl groups excluding tert-OH is 1. The van der Waals surface area contributed by atoms with E-state index in [1.54, 1.807) is 0 Å². The number of benzene rings is 1. The number of aliphatic hydroxyl groups is 1. The summed E-state index contributed by atoms with van der Waals surface area (Å²) in [5, 5.41) is 13.0. The molecule has 0 bridgehead atoms. The van der Waals surface area contributed by atoms with E-state index in [0.717, 1.165) is 11.3 Å². The van der Waals surface area contributed by atoms with Gasteiger partial charge in [-0.3, -0.25) is 0 Å². The highest BCUT2D eigenvalue weighted by Crippen LogP contribution is 2.25. The van der Waals surface area contributed by atoms with Gasteiger partial charge >= 0.3 is 0 Å². The molecule has 1 unspecified atom stereocenters. The van der Waals surface area contributed by atoms with E-state index in [0.29, 0.717) is 6.54 Å². The van der Waals surface area contributed by atoms with E-state index in [9.17, 15) is 5.11 Å². The Morgan fingerprint density at radius 2 is 2.07 bits per heavy atom. The smallest absolute Gasteiger partial charge is 0.0934 e. The molecule has 0 radical (unpaired) electrons. The average Bonchev–Trinajstić information content (AvgIpc) is 2.17. The van der Waals surface area contributed by atoms with Crippen molar-refractivity contribution in [1.29, 1.82) is 0 Å². The maximum Gasteiger partial charge on any atom is 0.0934 e. The molecule has 1 atom stereocenters. The molecule has 0 aliphatic carbocycles. The highest BCUT2D eigenvalue weighted by molar-refractivity contribution is 5.55. The standard InChI is InChI=1S/C12H20N2O/c1-9-5-6-11(14(3)4)10(7-9)12(15)8-13-2/h5-7,12-13,15H,8H2,1-4H3. The summed E-state index contributed by atoms with van der Waals surface area (Å²) in [6.45, 7) is 2.61. The second kappa shape index (κ2) is 5.14. The van der Waals surface area contributed by atoms with E-state index in [1.165, 1.54) is 5.56 Å². The van der Waals surface area contributed by atoms with Crippen molar-refractivity contribution in [2.45, 2.75) is 13.0 Å². The topological polar surface area (TPSA) is 35.5 Å². The maximum atomic E-state index is 9.99. The predicted octanol–water partition coefficient (Wildman–Crippen LogP) is 1.31. The highest BCUT2D eigenvalue weighted by atomic mass is 16.3. The Morgan fingerprint density at radius 1 is 1.40 bits per heavy atom. The first-order valence-electron chi connectivity index (χ1n) is 5.16. The number of hydrogen-bond donors (Lipinski definition) is 2. The largest absolute Gasteiger partial charge is 0.387 e. The lowest BCUT2D eigenvalue weighted by Gasteiger charge is -2.21. The van der Waals surface area contributed by atoms with Gasteiger partial charge in [0.25, 0.3) is 0 Å². The zero-order valence-electron chi connectivity index (χ0n) is 9.91. The van der Waals surface area contributed by atoms with Crippen molar-refractivity contribution < 1.29 is 5.11 Å². The van der Waals surface area contributed by atoms with Gasteiger partial charge in [-0.2, -0.15) is 0 Å². The number of nitrogens with one attached hydrogen (secondary N) is 1. The third-order valence-corrected chi connectivity index (χ3v) is 2.42. The fourth-order valence-corrected chi connectivity index (χ4v) is 1.65. The second-order valence-electron chi connectivity index (χ2n) is 4.03. The van der Waals surface area contributed by atoms with Crippen LogP contribution in [0.5, 0.6) is 0 Å². The highest BCUT2D eigenvalue weighted by Gasteiger charge is 2.12. The fraction of sp³-hybridized carbons (Fsp3) is 0.500. The number of rotatable bonds is 4. The van der Waals surface area contributed by atoms with E-state index in [4.69, 9.17) is 0 Å². The monoisotopic (exact) mass is 208 g/mol. The van der Waals surface area contributed by atoms with Crippen LogP contribution in [-0.2, 0) is 0 Å². The summed E-state index contributed by atoms with van der Waals surface area (Å²) in [7, 11) is 5.81. The second-order valence-corrected chi connectivity index (χ2v) is 4.03. The first-order chi connectivity index (χ1) is 7.06. The van der Waals surface area contributed by atoms with Gasteiger partial charge in [-0.25, -0.2) is 0 Å². The van der Waals surface area contributed by atoms with Crippen molar-refractivity contribution in [3.63, 3.8) is 0 Å². The minimum Gasteiger partial charge on any atom is -0.387 e. The van der Waals surface area contributed by atoms with Crippen LogP contribution in [0.3, 0.4) is 0 Å². The van der Waals surface area contributed by atoms with Crippen molar-refractivity contribution in [3.8, 4) is 0 Å². The lowest BCUT2D eigenvalue weighted by molar-refractivity contribution is 0.178. The van der Waals surface area contributed by atoms with Gasteiger partial charge < -0.3 is 15.3 Å². The van der Waals surface area contributed by atoms with Gasteiger partial charge in [-0.05, 0) is 20.0 Å². The molecule has 3 nitrogen and oxygen atoms in total. The van der Waals surface area contributed by atoms with Gasteiger partial charge in [-0.15, -0.1) is 0 Å². The van der Waals surface area contributed by atoms with Crippen molar-refractivity contribution in [2.24, 2.45) is 0 Å². The normalized spacial score (nSPS) is 12.6. The summed E-state index contributed by atoms with van der Waals surface area (Å²) >= 11 is 0. The average molecular weight is 208 g/mol. The molecule has 1 rings (SSSR count). The quantitative estimate of drug-likeness (QED) is 0.783. The molecule has 1 aromatic rings. The van der Waals surface area contributed by atoms with E-state index in [2.05, 4.69) is 11.4 Å². The van der Waals surface area contributed by atoms with Crippen LogP contribution in [0.15, 0.2) is 18.2 Å². The van der Waals surface area contributed by atoms with Gasteiger partial charge in [0.2, 0.25) is 0 Å². The lowest BCUT2D eigenvalue weighted by atomic mass is 10.0. The predicted molar refractivity (Wildman–Crippen MR) is 64.4 cm³/mol. The van der Waals surface area contributed by atoms with Crippen LogP contribution in [-0.4, -0.2) is 32.8 Å². The Morgan fingerprint density at radius 3 is 2.60 bits per heavy atom. The SMILES string of the molecule is CNCC(O)c1cc(C)ccc1N(C)C. The summed E-state index contributed by atoms with van der Waals surface area (Å²) < 4.78 is 0. The number of nitrogens with zero attached hydrogens (tertiary/aromatic N) is 1. The van der Waals surface area contributed by atoms with Gasteiger partial charge in [-0.1, -0.05) is 17.7 Å². The third kappa shape index (κ3) is 2.94. The molecule has 0 saturated heterocycles. The first-order valence-corrected chi connectivity index (χ1v) is 5.16. The van der Waals surface area contributed by atoms with Crippen LogP contribution < -0.4 is 10.2 Å². The zero-order chi connectivity index (χ0) is 11.4. The van der Waals surface area contributed by atoms with E-state index in [-0.39, 0.29) is 0 Å². The van der Waals surface area contributed by atoms with E-state index >= 15 is 0 Å². The fourth-order valence-electron chi connectivity index (χ4n) is 1.65. The van der Waals surface area contributed by atoms with Crippen LogP contribution >= 0.6 is 0 Å². The van der Waals surface area contributed by atoms with Crippen LogP contribution in [0.2, 0.25) is 0 Å². The minimum absolute atomic E-state index is 0.452. The Kier molecular flexibility index (Phi) is 4.12. The number of aryl methyl sites for hydroxylation is 1. The molecule has 0 spiro atoms. The van der Waals surface area contributed by atoms with Crippen LogP contribution in [0, 0.1) is 6.92 Å². The van der Waals surface area contributed by atoms with Gasteiger partial charge in [0, 0.05) is 31.9 Å². The molecule has 0 amide bonds. The van der Waals surface area contributed by atoms with Crippen molar-refractivity contribution in [1.82, 2.24) is 5.32 Å². The molecular formula is C12H20N2O. The summed E-state index contributed by atoms with van der Waals surface area (Å²) in [5.41, 5.74) is 3.23. The Labute approximate surface area is 91.7 Å². The molecule has 0 aliphatic rings. The molecule has 0 fully saturated rings. The Bertz CT molecular complexity index is 323. The minimum atomic E-state index is -0.452. The third-order valence-electron chi connectivity index (χ3n) is 2.42. The zero-order valence-corrected chi connectivity index (χ0v) is 9.91. The summed E-state index contributed by atoms with van der Waals surface area (Å²) in [6, 6.07) is 6.14. The Hall–Kier alpha value is -1.06. The number of anilines is 1. The van der Waals surface area contributed by atoms with Crippen molar-refractivity contribution >= 4 is 5.69 Å². The summed E-state index contributed by atoms with van der Waals surface area (Å²) in [4.78, 5) is 2.02. The maximum absolute atomic E-state index is 9.99. The summed E-state index contributed by atoms with van der Waals surface area (Å²) in [6.07, 6.45) is -0.452. The van der Waals surface area contributed by atoms with Crippen LogP contribution in [0.1, 0.15) is 17.2 Å². The molecular weight excluding hydrogens is 188 g/mol. The first kappa shape index (κ1) is 12.0. The molecule has 0 heterocycles. The lowest BCUT2D eigenvalue weighted by Crippen LogP contribution is -2.20. The van der Waals surface area contributed by atoms with E-state index in [1.807, 2.05) is 45.1 Å². The van der Waals surface area contributed by atoms with Gasteiger partial charge in [0.15, 0.2) is 0 Å². The molecule has 0 saturated carbocycles. The molecule has 3 heteroatoms. The van der Waals surface area contributed by atoms with Gasteiger partial charge in [0.05, 0.1) is 6.10 Å². The molecule has 0 aliphatic heterocycles. The van der Waals surface area contributed by atoms with Crippen molar-refractivity contribution in [2.75, 3.05) is 32.6 Å². The summed E-state index contributed by atoms with van der Waals surface area (Å²) in [5.74, 6) is 0. The van der Waals surface area contributed by atoms with Gasteiger partial charge in [0.1, 0.15) is 0 Å². The molecule has 2 N–H and O–H groups in total. The molecule has 1 aromatic carbocycles. The molecule has 0 aromatic heterocycles. The molecule has 84 valence electrons. The van der Waals surface area contributed by atoms with Crippen molar-refractivity contribution in [3.05, 3.63) is 29.3 Å². The van der Waals surface area contributed by atoms with Crippen LogP contribution in [0.4, 0.5) is 5.69 Å². The van der Waals surface area contributed by atoms with Crippen LogP contribution in [0.25, 0.3) is 0 Å². The number of likely N-dealkylation sites (N-methyl/N-ethyl adjacent to an activating group) is 1.